The minimum atomic E-state index is -4.63. The number of benzene rings is 1. The molecule has 0 heterocycles. The molecule has 94 valence electrons. The molecule has 0 nitrogen and oxygen atoms in total. The van der Waals surface area contributed by atoms with Crippen molar-refractivity contribution in [1.29, 1.82) is 0 Å². The zero-order chi connectivity index (χ0) is 13.2. The van der Waals surface area contributed by atoms with Crippen LogP contribution in [-0.4, -0.2) is 6.18 Å². The molecule has 0 spiro atoms. The molecule has 0 amide bonds. The third-order valence-electron chi connectivity index (χ3n) is 2.04. The normalized spacial score (nSPS) is 13.3. The maximum atomic E-state index is 13.5. The van der Waals surface area contributed by atoms with Gasteiger partial charge in [-0.25, -0.2) is 4.39 Å². The monoisotopic (exact) mass is 266 g/mol. The predicted molar refractivity (Wildman–Crippen MR) is 60.3 cm³/mol. The van der Waals surface area contributed by atoms with Gasteiger partial charge in [0.1, 0.15) is 5.82 Å². The molecule has 0 aliphatic carbocycles. The lowest BCUT2D eigenvalue weighted by molar-refractivity contribution is -0.0694. The summed E-state index contributed by atoms with van der Waals surface area (Å²) in [5.74, 6) is -1.33. The molecule has 0 aliphatic rings. The molecule has 0 bridgehead atoms. The summed E-state index contributed by atoms with van der Waals surface area (Å²) in [6, 6.07) is 3.46. The molecule has 0 aliphatic heterocycles. The van der Waals surface area contributed by atoms with E-state index in [9.17, 15) is 17.6 Å². The summed E-state index contributed by atoms with van der Waals surface area (Å²) in [5, 5.41) is -0.241. The highest BCUT2D eigenvalue weighted by Gasteiger charge is 2.37. The Balaban J connectivity index is 3.44. The maximum absolute atomic E-state index is 13.5. The molecule has 17 heavy (non-hydrogen) atoms. The summed E-state index contributed by atoms with van der Waals surface area (Å²) in [5.41, 5.74) is -1.62. The van der Waals surface area contributed by atoms with Crippen LogP contribution in [0, 0.1) is 11.7 Å². The zero-order valence-electron chi connectivity index (χ0n) is 9.28. The Bertz CT molecular complexity index is 412. The van der Waals surface area contributed by atoms with E-state index >= 15 is 0 Å². The predicted octanol–water partition coefficient (Wildman–Crippen LogP) is 5.08. The van der Waals surface area contributed by atoms with Crippen LogP contribution in [0.25, 0.3) is 5.57 Å². The van der Waals surface area contributed by atoms with Crippen molar-refractivity contribution >= 4 is 17.2 Å². The van der Waals surface area contributed by atoms with Gasteiger partial charge in [-0.15, -0.1) is 0 Å². The highest BCUT2D eigenvalue weighted by molar-refractivity contribution is 6.32. The third kappa shape index (κ3) is 3.46. The summed E-state index contributed by atoms with van der Waals surface area (Å²) in [6.07, 6.45) is -3.67. The summed E-state index contributed by atoms with van der Waals surface area (Å²) in [4.78, 5) is 0. The van der Waals surface area contributed by atoms with E-state index in [4.69, 9.17) is 11.6 Å². The first-order valence-electron chi connectivity index (χ1n) is 4.97. The smallest absolute Gasteiger partial charge is 0.206 e. The van der Waals surface area contributed by atoms with Crippen molar-refractivity contribution in [2.45, 2.75) is 20.0 Å². The summed E-state index contributed by atoms with van der Waals surface area (Å²) >= 11 is 5.63. The average Bonchev–Trinajstić information content (AvgIpc) is 2.13. The third-order valence-corrected chi connectivity index (χ3v) is 2.35. The Morgan fingerprint density at radius 1 is 1.29 bits per heavy atom. The van der Waals surface area contributed by atoms with Gasteiger partial charge in [0, 0.05) is 5.56 Å². The average molecular weight is 267 g/mol. The lowest BCUT2D eigenvalue weighted by atomic mass is 10.0. The van der Waals surface area contributed by atoms with Crippen LogP contribution < -0.4 is 0 Å². The van der Waals surface area contributed by atoms with Crippen molar-refractivity contribution in [1.82, 2.24) is 0 Å². The molecule has 0 N–H and O–H groups in total. The van der Waals surface area contributed by atoms with Crippen LogP contribution in [-0.2, 0) is 0 Å². The minimum Gasteiger partial charge on any atom is -0.206 e. The molecular weight excluding hydrogens is 256 g/mol. The lowest BCUT2D eigenvalue weighted by Gasteiger charge is -2.15. The van der Waals surface area contributed by atoms with Gasteiger partial charge < -0.3 is 0 Å². The topological polar surface area (TPSA) is 0 Å². The van der Waals surface area contributed by atoms with Crippen LogP contribution in [0.2, 0.25) is 5.02 Å². The Labute approximate surface area is 102 Å². The number of rotatable bonds is 2. The molecule has 1 rings (SSSR count). The number of hydrogen-bond acceptors (Lipinski definition) is 0. The van der Waals surface area contributed by atoms with E-state index in [0.29, 0.717) is 0 Å². The van der Waals surface area contributed by atoms with Gasteiger partial charge >= 0.3 is 6.18 Å². The Kier molecular flexibility index (Phi) is 4.20. The lowest BCUT2D eigenvalue weighted by Crippen LogP contribution is -2.13. The van der Waals surface area contributed by atoms with Gasteiger partial charge in [-0.1, -0.05) is 37.6 Å². The first-order chi connectivity index (χ1) is 7.73. The Morgan fingerprint density at radius 3 is 2.29 bits per heavy atom. The molecule has 0 atom stereocenters. The molecule has 1 aromatic rings. The van der Waals surface area contributed by atoms with Crippen LogP contribution >= 0.6 is 11.6 Å². The van der Waals surface area contributed by atoms with Gasteiger partial charge in [-0.05, 0) is 18.1 Å². The largest absolute Gasteiger partial charge is 0.416 e. The molecule has 0 aromatic heterocycles. The highest BCUT2D eigenvalue weighted by Crippen LogP contribution is 2.39. The van der Waals surface area contributed by atoms with E-state index in [2.05, 4.69) is 0 Å². The van der Waals surface area contributed by atoms with E-state index in [-0.39, 0.29) is 10.9 Å². The Morgan fingerprint density at radius 2 is 1.88 bits per heavy atom. The maximum Gasteiger partial charge on any atom is 0.416 e. The van der Waals surface area contributed by atoms with Crippen LogP contribution in [0.15, 0.2) is 24.3 Å². The van der Waals surface area contributed by atoms with E-state index in [0.717, 1.165) is 12.1 Å². The minimum absolute atomic E-state index is 0.241. The molecule has 1 aromatic carbocycles. The van der Waals surface area contributed by atoms with Gasteiger partial charge in [0.2, 0.25) is 0 Å². The molecule has 0 fully saturated rings. The van der Waals surface area contributed by atoms with Crippen LogP contribution in [0.3, 0.4) is 0 Å². The molecule has 0 unspecified atom stereocenters. The van der Waals surface area contributed by atoms with Crippen molar-refractivity contribution in [3.63, 3.8) is 0 Å². The van der Waals surface area contributed by atoms with Crippen molar-refractivity contribution in [2.24, 2.45) is 5.92 Å². The SMILES string of the molecule is CC(C)/C=C(/c1c(F)cccc1Cl)C(F)(F)F. The van der Waals surface area contributed by atoms with Gasteiger partial charge in [-0.2, -0.15) is 13.2 Å². The molecule has 0 saturated heterocycles. The molecular formula is C12H11ClF4. The number of hydrogen-bond donors (Lipinski definition) is 0. The van der Waals surface area contributed by atoms with Crippen molar-refractivity contribution in [2.75, 3.05) is 0 Å². The van der Waals surface area contributed by atoms with Crippen molar-refractivity contribution < 1.29 is 17.6 Å². The Hall–Kier alpha value is -1.03. The van der Waals surface area contributed by atoms with Crippen LogP contribution in [0.5, 0.6) is 0 Å². The van der Waals surface area contributed by atoms with E-state index in [1.165, 1.54) is 12.1 Å². The van der Waals surface area contributed by atoms with Crippen molar-refractivity contribution in [3.05, 3.63) is 40.7 Å². The first-order valence-corrected chi connectivity index (χ1v) is 5.34. The first kappa shape index (κ1) is 14.0. The number of allylic oxidation sites excluding steroid dienone is 2. The van der Waals surface area contributed by atoms with Gasteiger partial charge in [0.25, 0.3) is 0 Å². The van der Waals surface area contributed by atoms with Crippen LogP contribution in [0.4, 0.5) is 17.6 Å². The van der Waals surface area contributed by atoms with E-state index in [1.54, 1.807) is 13.8 Å². The summed E-state index contributed by atoms with van der Waals surface area (Å²) in [6.45, 7) is 3.17. The second-order valence-corrected chi connectivity index (χ2v) is 4.33. The number of alkyl halides is 3. The second kappa shape index (κ2) is 5.08. The fraction of sp³-hybridized carbons (Fsp3) is 0.333. The van der Waals surface area contributed by atoms with Gasteiger partial charge in [0.05, 0.1) is 10.6 Å². The fourth-order valence-corrected chi connectivity index (χ4v) is 1.67. The zero-order valence-corrected chi connectivity index (χ0v) is 10.0. The fourth-order valence-electron chi connectivity index (χ4n) is 1.41. The van der Waals surface area contributed by atoms with E-state index in [1.807, 2.05) is 0 Å². The van der Waals surface area contributed by atoms with Crippen LogP contribution in [0.1, 0.15) is 19.4 Å². The molecule has 5 heteroatoms. The summed E-state index contributed by atoms with van der Waals surface area (Å²) in [7, 11) is 0. The summed E-state index contributed by atoms with van der Waals surface area (Å²) < 4.78 is 52.0. The van der Waals surface area contributed by atoms with Gasteiger partial charge in [0.15, 0.2) is 0 Å². The molecule has 0 radical (unpaired) electrons. The number of halogens is 5. The standard InChI is InChI=1S/C12H11ClF4/c1-7(2)6-8(12(15,16)17)11-9(13)4-3-5-10(11)14/h3-7H,1-2H3/b8-6-. The quantitative estimate of drug-likeness (QED) is 0.655. The van der Waals surface area contributed by atoms with Gasteiger partial charge in [-0.3, -0.25) is 0 Å². The highest BCUT2D eigenvalue weighted by atomic mass is 35.5. The van der Waals surface area contributed by atoms with E-state index < -0.39 is 23.1 Å². The van der Waals surface area contributed by atoms with Crippen molar-refractivity contribution in [3.8, 4) is 0 Å². The molecule has 0 saturated carbocycles. The second-order valence-electron chi connectivity index (χ2n) is 3.92.